The molecule has 0 radical (unpaired) electrons. The zero-order valence-electron chi connectivity index (χ0n) is 15.4. The number of halogens is 2. The molecule has 29 heavy (non-hydrogen) atoms. The van der Waals surface area contributed by atoms with E-state index in [-0.39, 0.29) is 23.6 Å². The van der Waals surface area contributed by atoms with E-state index >= 15 is 0 Å². The number of primary amides is 1. The van der Waals surface area contributed by atoms with E-state index in [1.54, 1.807) is 6.21 Å². The molecule has 2 aromatic rings. The Balaban J connectivity index is 1.42. The Bertz CT molecular complexity index is 948. The van der Waals surface area contributed by atoms with Crippen molar-refractivity contribution in [2.75, 3.05) is 18.0 Å². The monoisotopic (exact) mass is 403 g/mol. The fourth-order valence-corrected chi connectivity index (χ4v) is 3.70. The van der Waals surface area contributed by atoms with Crippen LogP contribution >= 0.6 is 0 Å². The molecule has 0 saturated carbocycles. The third kappa shape index (κ3) is 3.82. The van der Waals surface area contributed by atoms with Crippen molar-refractivity contribution in [3.8, 4) is 0 Å². The van der Waals surface area contributed by atoms with Gasteiger partial charge in [0.05, 0.1) is 12.2 Å². The summed E-state index contributed by atoms with van der Waals surface area (Å²) in [7, 11) is 0. The molecule has 3 heterocycles. The van der Waals surface area contributed by atoms with Gasteiger partial charge in [-0.3, -0.25) is 9.59 Å². The Hall–Kier alpha value is -3.30. The van der Waals surface area contributed by atoms with E-state index in [1.165, 1.54) is 23.3 Å². The van der Waals surface area contributed by atoms with Crippen LogP contribution in [-0.4, -0.2) is 41.1 Å². The third-order valence-electron chi connectivity index (χ3n) is 5.18. The maximum absolute atomic E-state index is 13.6. The Kier molecular flexibility index (Phi) is 4.99. The summed E-state index contributed by atoms with van der Waals surface area (Å²) in [5.74, 6) is -2.55. The minimum atomic E-state index is -0.694. The summed E-state index contributed by atoms with van der Waals surface area (Å²) >= 11 is 0. The minimum Gasteiger partial charge on any atom is -0.418 e. The molecule has 4 rings (SSSR count). The number of amides is 2. The predicted octanol–water partition coefficient (Wildman–Crippen LogP) is 2.23. The van der Waals surface area contributed by atoms with Crippen molar-refractivity contribution in [3.05, 3.63) is 47.4 Å². The highest BCUT2D eigenvalue weighted by Gasteiger charge is 2.35. The Morgan fingerprint density at radius 3 is 2.45 bits per heavy atom. The number of oxazole rings is 1. The van der Waals surface area contributed by atoms with E-state index < -0.39 is 23.6 Å². The number of piperidine rings is 1. The Morgan fingerprint density at radius 1 is 1.14 bits per heavy atom. The molecule has 10 heteroatoms. The summed E-state index contributed by atoms with van der Waals surface area (Å²) in [6.45, 7) is 1.01. The molecular formula is C19H19F2N5O3. The summed E-state index contributed by atoms with van der Waals surface area (Å²) < 4.78 is 32.5. The van der Waals surface area contributed by atoms with Gasteiger partial charge in [0.15, 0.2) is 0 Å². The molecule has 2 amide bonds. The molecule has 1 aromatic heterocycles. The van der Waals surface area contributed by atoms with E-state index in [0.717, 1.165) is 6.07 Å². The van der Waals surface area contributed by atoms with Gasteiger partial charge in [0, 0.05) is 37.7 Å². The second kappa shape index (κ2) is 7.61. The van der Waals surface area contributed by atoms with Gasteiger partial charge in [0.25, 0.3) is 11.9 Å². The maximum atomic E-state index is 13.6. The van der Waals surface area contributed by atoms with Gasteiger partial charge < -0.3 is 15.1 Å². The zero-order valence-corrected chi connectivity index (χ0v) is 15.4. The van der Waals surface area contributed by atoms with Crippen molar-refractivity contribution >= 4 is 24.0 Å². The largest absolute Gasteiger partial charge is 0.418 e. The number of hydrazone groups is 1. The lowest BCUT2D eigenvalue weighted by Gasteiger charge is -2.33. The van der Waals surface area contributed by atoms with Crippen molar-refractivity contribution in [1.29, 1.82) is 0 Å². The smallest absolute Gasteiger partial charge is 0.297 e. The predicted molar refractivity (Wildman–Crippen MR) is 99.0 cm³/mol. The number of nitrogens with zero attached hydrogens (tertiary/aromatic N) is 4. The third-order valence-corrected chi connectivity index (χ3v) is 5.18. The second-order valence-electron chi connectivity index (χ2n) is 7.07. The number of anilines is 1. The normalized spacial score (nSPS) is 19.7. The molecule has 1 atom stereocenters. The van der Waals surface area contributed by atoms with Crippen LogP contribution in [0.4, 0.5) is 14.8 Å². The molecule has 1 saturated heterocycles. The highest BCUT2D eigenvalue weighted by atomic mass is 19.1. The highest BCUT2D eigenvalue weighted by Crippen LogP contribution is 2.33. The molecule has 1 unspecified atom stereocenters. The lowest BCUT2D eigenvalue weighted by atomic mass is 9.94. The number of rotatable bonds is 4. The number of hydrogen-bond donors (Lipinski definition) is 1. The van der Waals surface area contributed by atoms with E-state index in [2.05, 4.69) is 10.1 Å². The maximum Gasteiger partial charge on any atom is 0.297 e. The van der Waals surface area contributed by atoms with Crippen LogP contribution in [0.2, 0.25) is 0 Å². The van der Waals surface area contributed by atoms with Crippen molar-refractivity contribution in [2.24, 2.45) is 16.8 Å². The van der Waals surface area contributed by atoms with Crippen LogP contribution in [0.1, 0.15) is 41.4 Å². The average Bonchev–Trinajstić information content (AvgIpc) is 3.37. The fourth-order valence-electron chi connectivity index (χ4n) is 3.70. The van der Waals surface area contributed by atoms with Crippen LogP contribution in [0.25, 0.3) is 0 Å². The number of carbonyl (C=O) groups excluding carboxylic acids is 2. The van der Waals surface area contributed by atoms with Gasteiger partial charge >= 0.3 is 0 Å². The highest BCUT2D eigenvalue weighted by molar-refractivity contribution is 5.89. The molecule has 8 nitrogen and oxygen atoms in total. The minimum absolute atomic E-state index is 0.0187. The topological polar surface area (TPSA) is 105 Å². The van der Waals surface area contributed by atoms with E-state index in [4.69, 9.17) is 10.2 Å². The van der Waals surface area contributed by atoms with Crippen LogP contribution in [0.15, 0.2) is 33.9 Å². The van der Waals surface area contributed by atoms with E-state index in [1.807, 2.05) is 4.90 Å². The molecular weight excluding hydrogens is 384 g/mol. The van der Waals surface area contributed by atoms with Crippen molar-refractivity contribution in [3.63, 3.8) is 0 Å². The standard InChI is InChI=1S/C19H19F2N5O3/c20-13-7-12(8-14(21)9-13)15-1-4-24-26(15)18(28)11-2-5-25(6-3-11)19-23-10-16(29-19)17(22)27/h4,7-11,15H,1-3,5-6H2,(H2,22,27). The van der Waals surface area contributed by atoms with Gasteiger partial charge in [0.1, 0.15) is 11.6 Å². The molecule has 0 bridgehead atoms. The van der Waals surface area contributed by atoms with Gasteiger partial charge in [-0.2, -0.15) is 5.10 Å². The van der Waals surface area contributed by atoms with Gasteiger partial charge in [-0.1, -0.05) is 0 Å². The SMILES string of the molecule is NC(=O)c1cnc(N2CCC(C(=O)N3N=CCC3c3cc(F)cc(F)c3)CC2)o1. The number of hydrogen-bond acceptors (Lipinski definition) is 6. The van der Waals surface area contributed by atoms with Crippen LogP contribution in [0.5, 0.6) is 0 Å². The number of carbonyl (C=O) groups is 2. The van der Waals surface area contributed by atoms with Gasteiger partial charge in [-0.05, 0) is 30.5 Å². The van der Waals surface area contributed by atoms with Gasteiger partial charge in [-0.15, -0.1) is 0 Å². The lowest BCUT2D eigenvalue weighted by Crippen LogP contribution is -2.41. The van der Waals surface area contributed by atoms with Crippen LogP contribution in [0, 0.1) is 17.6 Å². The zero-order chi connectivity index (χ0) is 20.5. The molecule has 152 valence electrons. The number of nitrogens with two attached hydrogens (primary N) is 1. The first-order valence-corrected chi connectivity index (χ1v) is 9.24. The van der Waals surface area contributed by atoms with E-state index in [0.29, 0.717) is 37.9 Å². The Morgan fingerprint density at radius 2 is 1.83 bits per heavy atom. The van der Waals surface area contributed by atoms with Crippen molar-refractivity contribution in [1.82, 2.24) is 9.99 Å². The first-order valence-electron chi connectivity index (χ1n) is 9.24. The summed E-state index contributed by atoms with van der Waals surface area (Å²) in [4.78, 5) is 30.0. The molecule has 1 aromatic carbocycles. The lowest BCUT2D eigenvalue weighted by molar-refractivity contribution is -0.138. The quantitative estimate of drug-likeness (QED) is 0.843. The second-order valence-corrected chi connectivity index (χ2v) is 7.07. The number of aromatic nitrogens is 1. The fraction of sp³-hybridized carbons (Fsp3) is 0.368. The summed E-state index contributed by atoms with van der Waals surface area (Å²) in [5.41, 5.74) is 5.55. The van der Waals surface area contributed by atoms with Gasteiger partial charge in [-0.25, -0.2) is 18.8 Å². The Labute approximate surface area is 165 Å². The van der Waals surface area contributed by atoms with Crippen molar-refractivity contribution < 1.29 is 22.8 Å². The van der Waals surface area contributed by atoms with Crippen LogP contribution in [0.3, 0.4) is 0 Å². The molecule has 0 aliphatic carbocycles. The average molecular weight is 403 g/mol. The molecule has 2 aliphatic rings. The summed E-state index contributed by atoms with van der Waals surface area (Å²) in [6.07, 6.45) is 4.32. The van der Waals surface area contributed by atoms with Crippen LogP contribution in [-0.2, 0) is 4.79 Å². The van der Waals surface area contributed by atoms with Crippen molar-refractivity contribution in [2.45, 2.75) is 25.3 Å². The molecule has 1 fully saturated rings. The number of benzene rings is 1. The first-order chi connectivity index (χ1) is 13.9. The van der Waals surface area contributed by atoms with Gasteiger partial charge in [0.2, 0.25) is 11.7 Å². The molecule has 2 N–H and O–H groups in total. The molecule has 2 aliphatic heterocycles. The first kappa shape index (κ1) is 19.0. The van der Waals surface area contributed by atoms with E-state index in [9.17, 15) is 18.4 Å². The summed E-state index contributed by atoms with van der Waals surface area (Å²) in [5, 5.41) is 5.47. The summed E-state index contributed by atoms with van der Waals surface area (Å²) in [6, 6.07) is 3.02. The van der Waals surface area contributed by atoms with Crippen LogP contribution < -0.4 is 10.6 Å². The molecule has 0 spiro atoms.